The molecule has 4 heteroatoms. The molecule has 1 N–H and O–H groups in total. The monoisotopic (exact) mass is 420 g/mol. The minimum Gasteiger partial charge on any atom is -0.371 e. The quantitative estimate of drug-likeness (QED) is 0.539. The number of anilines is 1. The van der Waals surface area contributed by atoms with Crippen molar-refractivity contribution >= 4 is 29.0 Å². The van der Waals surface area contributed by atoms with Crippen molar-refractivity contribution in [2.24, 2.45) is 0 Å². The number of piperidine rings is 1. The number of benzene rings is 2. The number of hydrogen-bond donors (Lipinski definition) is 1. The zero-order valence-corrected chi connectivity index (χ0v) is 18.4. The first-order valence-electron chi connectivity index (χ1n) is 11.0. The summed E-state index contributed by atoms with van der Waals surface area (Å²) in [6.07, 6.45) is 9.09. The highest BCUT2D eigenvalue weighted by Gasteiger charge is 2.28. The molecule has 30 heavy (non-hydrogen) atoms. The first kappa shape index (κ1) is 20.8. The highest BCUT2D eigenvalue weighted by molar-refractivity contribution is 7.81. The Morgan fingerprint density at radius 3 is 2.37 bits per heavy atom. The van der Waals surface area contributed by atoms with E-state index in [0.717, 1.165) is 43.0 Å². The standard InChI is InChI=1S/C26H29FN2S/c1-2-19-6-8-20(9-7-19)18-21-10-15-24(25(21)29-16-4-3-5-17-29)26(30)28-23-13-11-22(27)12-14-23/h6-9,11-14,18H,2-5,10,15-17H2,1H3,(H,28,30). The van der Waals surface area contributed by atoms with Gasteiger partial charge in [-0.3, -0.25) is 0 Å². The Kier molecular flexibility index (Phi) is 6.63. The average molecular weight is 421 g/mol. The number of rotatable bonds is 5. The number of likely N-dealkylation sites (tertiary alicyclic amines) is 1. The van der Waals surface area contributed by atoms with Crippen LogP contribution in [0.5, 0.6) is 0 Å². The van der Waals surface area contributed by atoms with E-state index in [1.54, 1.807) is 12.1 Å². The Bertz CT molecular complexity index is 952. The van der Waals surface area contributed by atoms with Crippen LogP contribution in [0.15, 0.2) is 65.4 Å². The number of nitrogens with zero attached hydrogens (tertiary/aromatic N) is 1. The molecule has 2 nitrogen and oxygen atoms in total. The summed E-state index contributed by atoms with van der Waals surface area (Å²) in [6, 6.07) is 15.3. The Morgan fingerprint density at radius 1 is 1.00 bits per heavy atom. The summed E-state index contributed by atoms with van der Waals surface area (Å²) in [5.74, 6) is -0.236. The van der Waals surface area contributed by atoms with Gasteiger partial charge in [-0.25, -0.2) is 4.39 Å². The van der Waals surface area contributed by atoms with Crippen molar-refractivity contribution in [3.05, 3.63) is 82.3 Å². The molecule has 0 atom stereocenters. The molecule has 2 aromatic carbocycles. The fraction of sp³-hybridized carbons (Fsp3) is 0.346. The van der Waals surface area contributed by atoms with Crippen LogP contribution in [0.1, 0.15) is 50.2 Å². The number of thiocarbonyl (C=S) groups is 1. The molecule has 0 spiro atoms. The van der Waals surface area contributed by atoms with Gasteiger partial charge in [-0.1, -0.05) is 43.4 Å². The van der Waals surface area contributed by atoms with E-state index in [9.17, 15) is 4.39 Å². The van der Waals surface area contributed by atoms with E-state index in [4.69, 9.17) is 12.2 Å². The molecule has 0 saturated carbocycles. The van der Waals surface area contributed by atoms with Gasteiger partial charge in [0, 0.05) is 30.0 Å². The highest BCUT2D eigenvalue weighted by atomic mass is 32.1. The number of nitrogens with one attached hydrogen (secondary N) is 1. The zero-order chi connectivity index (χ0) is 20.9. The lowest BCUT2D eigenvalue weighted by Gasteiger charge is -2.32. The van der Waals surface area contributed by atoms with Gasteiger partial charge in [0.1, 0.15) is 10.8 Å². The van der Waals surface area contributed by atoms with Gasteiger partial charge in [0.15, 0.2) is 0 Å². The highest BCUT2D eigenvalue weighted by Crippen LogP contribution is 2.37. The SMILES string of the molecule is CCc1ccc(C=C2CCC(C(=S)Nc3ccc(F)cc3)=C2N2CCCCC2)cc1. The van der Waals surface area contributed by atoms with Crippen LogP contribution in [-0.2, 0) is 6.42 Å². The van der Waals surface area contributed by atoms with Crippen molar-refractivity contribution in [2.75, 3.05) is 18.4 Å². The second-order valence-electron chi connectivity index (χ2n) is 8.10. The van der Waals surface area contributed by atoms with Crippen LogP contribution < -0.4 is 5.32 Å². The average Bonchev–Trinajstić information content (AvgIpc) is 3.20. The van der Waals surface area contributed by atoms with Gasteiger partial charge in [-0.15, -0.1) is 0 Å². The largest absolute Gasteiger partial charge is 0.371 e. The third-order valence-electron chi connectivity index (χ3n) is 6.01. The Hall–Kier alpha value is -2.46. The van der Waals surface area contributed by atoms with E-state index in [1.807, 2.05) is 0 Å². The minimum absolute atomic E-state index is 0.236. The predicted octanol–water partition coefficient (Wildman–Crippen LogP) is 6.74. The smallest absolute Gasteiger partial charge is 0.123 e. The van der Waals surface area contributed by atoms with Gasteiger partial charge in [0.2, 0.25) is 0 Å². The first-order valence-corrected chi connectivity index (χ1v) is 11.4. The van der Waals surface area contributed by atoms with Crippen molar-refractivity contribution in [1.29, 1.82) is 0 Å². The number of allylic oxidation sites excluding steroid dienone is 1. The number of aryl methyl sites for hydroxylation is 1. The summed E-state index contributed by atoms with van der Waals surface area (Å²) in [5, 5.41) is 3.33. The fourth-order valence-electron chi connectivity index (χ4n) is 4.35. The molecule has 0 amide bonds. The van der Waals surface area contributed by atoms with E-state index in [0.29, 0.717) is 0 Å². The Morgan fingerprint density at radius 2 is 1.70 bits per heavy atom. The lowest BCUT2D eigenvalue weighted by molar-refractivity contribution is 0.290. The summed E-state index contributed by atoms with van der Waals surface area (Å²) in [5.41, 5.74) is 7.34. The van der Waals surface area contributed by atoms with Crippen LogP contribution >= 0.6 is 12.2 Å². The van der Waals surface area contributed by atoms with Crippen LogP contribution in [0.3, 0.4) is 0 Å². The summed E-state index contributed by atoms with van der Waals surface area (Å²) in [7, 11) is 0. The molecular weight excluding hydrogens is 391 g/mol. The predicted molar refractivity (Wildman–Crippen MR) is 128 cm³/mol. The van der Waals surface area contributed by atoms with Crippen LogP contribution in [0, 0.1) is 5.82 Å². The van der Waals surface area contributed by atoms with Crippen LogP contribution in [0.25, 0.3) is 6.08 Å². The normalized spacial score (nSPS) is 18.2. The molecule has 0 unspecified atom stereocenters. The maximum Gasteiger partial charge on any atom is 0.123 e. The van der Waals surface area contributed by atoms with Crippen molar-refractivity contribution in [3.63, 3.8) is 0 Å². The molecular formula is C26H29FN2S. The van der Waals surface area contributed by atoms with Crippen molar-refractivity contribution in [1.82, 2.24) is 4.90 Å². The van der Waals surface area contributed by atoms with Gasteiger partial charge in [0.25, 0.3) is 0 Å². The molecule has 1 aliphatic heterocycles. The second-order valence-corrected chi connectivity index (χ2v) is 8.51. The Labute approximate surface area is 184 Å². The van der Waals surface area contributed by atoms with Gasteiger partial charge >= 0.3 is 0 Å². The lowest BCUT2D eigenvalue weighted by atomic mass is 10.0. The van der Waals surface area contributed by atoms with E-state index < -0.39 is 0 Å². The van der Waals surface area contributed by atoms with E-state index in [-0.39, 0.29) is 5.82 Å². The summed E-state index contributed by atoms with van der Waals surface area (Å²) in [6.45, 7) is 4.36. The maximum atomic E-state index is 13.3. The molecule has 4 rings (SSSR count). The van der Waals surface area contributed by atoms with Crippen LogP contribution in [0.4, 0.5) is 10.1 Å². The molecule has 2 aromatic rings. The van der Waals surface area contributed by atoms with Gasteiger partial charge in [0.05, 0.1) is 0 Å². The van der Waals surface area contributed by atoms with Crippen LogP contribution in [-0.4, -0.2) is 23.0 Å². The second kappa shape index (κ2) is 9.57. The van der Waals surface area contributed by atoms with Crippen molar-refractivity contribution < 1.29 is 4.39 Å². The molecule has 1 saturated heterocycles. The summed E-state index contributed by atoms with van der Waals surface area (Å²) < 4.78 is 13.3. The molecule has 156 valence electrons. The third kappa shape index (κ3) is 4.81. The first-order chi connectivity index (χ1) is 14.6. The van der Waals surface area contributed by atoms with E-state index in [1.165, 1.54) is 59.4 Å². The van der Waals surface area contributed by atoms with Gasteiger partial charge < -0.3 is 10.2 Å². The summed E-state index contributed by atoms with van der Waals surface area (Å²) >= 11 is 5.81. The van der Waals surface area contributed by atoms with Gasteiger partial charge in [-0.2, -0.15) is 0 Å². The maximum absolute atomic E-state index is 13.3. The van der Waals surface area contributed by atoms with E-state index in [2.05, 4.69) is 47.5 Å². The van der Waals surface area contributed by atoms with Crippen molar-refractivity contribution in [2.45, 2.75) is 45.4 Å². The van der Waals surface area contributed by atoms with Gasteiger partial charge in [-0.05, 0) is 85.6 Å². The molecule has 0 bridgehead atoms. The fourth-order valence-corrected chi connectivity index (χ4v) is 4.67. The molecule has 1 aliphatic carbocycles. The Balaban J connectivity index is 1.64. The zero-order valence-electron chi connectivity index (χ0n) is 17.6. The van der Waals surface area contributed by atoms with E-state index >= 15 is 0 Å². The topological polar surface area (TPSA) is 15.3 Å². The molecule has 0 aromatic heterocycles. The number of halogens is 1. The lowest BCUT2D eigenvalue weighted by Crippen LogP contribution is -2.31. The molecule has 1 fully saturated rings. The number of hydrogen-bond acceptors (Lipinski definition) is 2. The van der Waals surface area contributed by atoms with Crippen LogP contribution in [0.2, 0.25) is 0 Å². The minimum atomic E-state index is -0.236. The van der Waals surface area contributed by atoms with Crippen molar-refractivity contribution in [3.8, 4) is 0 Å². The molecule has 0 radical (unpaired) electrons. The molecule has 1 heterocycles. The molecule has 2 aliphatic rings. The summed E-state index contributed by atoms with van der Waals surface area (Å²) in [4.78, 5) is 3.28. The third-order valence-corrected chi connectivity index (χ3v) is 6.36.